The van der Waals surface area contributed by atoms with Crippen molar-refractivity contribution in [2.75, 3.05) is 0 Å². The molecular formula is C14H17ClN2O. The summed E-state index contributed by atoms with van der Waals surface area (Å²) in [5.74, 6) is -0.131. The fourth-order valence-electron chi connectivity index (χ4n) is 2.00. The summed E-state index contributed by atoms with van der Waals surface area (Å²) in [4.78, 5) is 14.2. The first-order valence-corrected chi connectivity index (χ1v) is 6.28. The van der Waals surface area contributed by atoms with Crippen LogP contribution in [0.5, 0.6) is 0 Å². The summed E-state index contributed by atoms with van der Waals surface area (Å²) in [7, 11) is 0. The van der Waals surface area contributed by atoms with E-state index in [1.807, 2.05) is 33.8 Å². The Hall–Kier alpha value is -1.53. The first kappa shape index (κ1) is 14.5. The van der Waals surface area contributed by atoms with Gasteiger partial charge in [0, 0.05) is 17.1 Å². The van der Waals surface area contributed by atoms with E-state index in [4.69, 9.17) is 16.9 Å². The van der Waals surface area contributed by atoms with Crippen LogP contribution in [0.25, 0.3) is 0 Å². The van der Waals surface area contributed by atoms with E-state index >= 15 is 0 Å². The Balaban J connectivity index is 3.22. The standard InChI is InChI=1S/C14H17ClN2O/c1-9(2)17(10(3)4)14(18)13-6-5-12(15)7-11(13)8-16/h5-7,9-10H,1-4H3. The fourth-order valence-corrected chi connectivity index (χ4v) is 2.17. The number of carbonyl (C=O) groups is 1. The summed E-state index contributed by atoms with van der Waals surface area (Å²) in [6, 6.07) is 6.95. The number of hydrogen-bond acceptors (Lipinski definition) is 2. The molecule has 1 rings (SSSR count). The highest BCUT2D eigenvalue weighted by Crippen LogP contribution is 2.19. The Morgan fingerprint density at radius 2 is 1.83 bits per heavy atom. The lowest BCUT2D eigenvalue weighted by atomic mass is 10.1. The first-order valence-electron chi connectivity index (χ1n) is 5.90. The molecule has 3 nitrogen and oxygen atoms in total. The van der Waals surface area contributed by atoms with Crippen LogP contribution in [0, 0.1) is 11.3 Å². The van der Waals surface area contributed by atoms with Gasteiger partial charge in [0.25, 0.3) is 5.91 Å². The number of halogens is 1. The molecular weight excluding hydrogens is 248 g/mol. The Labute approximate surface area is 113 Å². The lowest BCUT2D eigenvalue weighted by molar-refractivity contribution is 0.0643. The maximum absolute atomic E-state index is 12.5. The molecule has 0 atom stereocenters. The summed E-state index contributed by atoms with van der Waals surface area (Å²) >= 11 is 5.83. The van der Waals surface area contributed by atoms with E-state index in [9.17, 15) is 4.79 Å². The number of carbonyl (C=O) groups excluding carboxylic acids is 1. The summed E-state index contributed by atoms with van der Waals surface area (Å²) in [5, 5.41) is 9.53. The highest BCUT2D eigenvalue weighted by atomic mass is 35.5. The van der Waals surface area contributed by atoms with Gasteiger partial charge in [-0.3, -0.25) is 4.79 Å². The largest absolute Gasteiger partial charge is 0.334 e. The van der Waals surface area contributed by atoms with Crippen molar-refractivity contribution in [1.29, 1.82) is 5.26 Å². The van der Waals surface area contributed by atoms with Crippen LogP contribution in [0.15, 0.2) is 18.2 Å². The number of rotatable bonds is 3. The van der Waals surface area contributed by atoms with Crippen LogP contribution in [0.1, 0.15) is 43.6 Å². The molecule has 1 aromatic carbocycles. The Morgan fingerprint density at radius 3 is 2.28 bits per heavy atom. The van der Waals surface area contributed by atoms with E-state index in [-0.39, 0.29) is 18.0 Å². The smallest absolute Gasteiger partial charge is 0.255 e. The highest BCUT2D eigenvalue weighted by molar-refractivity contribution is 6.30. The molecule has 0 fully saturated rings. The maximum Gasteiger partial charge on any atom is 0.255 e. The van der Waals surface area contributed by atoms with Gasteiger partial charge >= 0.3 is 0 Å². The van der Waals surface area contributed by atoms with Gasteiger partial charge in [0.15, 0.2) is 0 Å². The van der Waals surface area contributed by atoms with Crippen molar-refractivity contribution in [3.05, 3.63) is 34.3 Å². The van der Waals surface area contributed by atoms with Crippen molar-refractivity contribution in [3.8, 4) is 6.07 Å². The van der Waals surface area contributed by atoms with Crippen molar-refractivity contribution >= 4 is 17.5 Å². The lowest BCUT2D eigenvalue weighted by Gasteiger charge is -2.31. The molecule has 0 aromatic heterocycles. The third-order valence-corrected chi connectivity index (χ3v) is 2.91. The number of hydrogen-bond donors (Lipinski definition) is 0. The van der Waals surface area contributed by atoms with Crippen LogP contribution in [0.2, 0.25) is 5.02 Å². The monoisotopic (exact) mass is 264 g/mol. The minimum atomic E-state index is -0.131. The normalized spacial score (nSPS) is 10.6. The average Bonchev–Trinajstić information content (AvgIpc) is 2.27. The molecule has 1 amide bonds. The summed E-state index contributed by atoms with van der Waals surface area (Å²) in [6.45, 7) is 7.83. The molecule has 0 aliphatic carbocycles. The van der Waals surface area contributed by atoms with Crippen LogP contribution in [-0.2, 0) is 0 Å². The predicted octanol–water partition coefficient (Wildman–Crippen LogP) is 3.47. The van der Waals surface area contributed by atoms with E-state index in [2.05, 4.69) is 0 Å². The topological polar surface area (TPSA) is 44.1 Å². The van der Waals surface area contributed by atoms with E-state index in [0.717, 1.165) is 0 Å². The Bertz CT molecular complexity index is 481. The van der Waals surface area contributed by atoms with E-state index < -0.39 is 0 Å². The van der Waals surface area contributed by atoms with Crippen LogP contribution in [0.3, 0.4) is 0 Å². The first-order chi connectivity index (χ1) is 8.38. The molecule has 0 radical (unpaired) electrons. The van der Waals surface area contributed by atoms with Crippen molar-refractivity contribution < 1.29 is 4.79 Å². The van der Waals surface area contributed by atoms with Gasteiger partial charge in [0.05, 0.1) is 11.1 Å². The predicted molar refractivity (Wildman–Crippen MR) is 72.6 cm³/mol. The molecule has 0 bridgehead atoms. The van der Waals surface area contributed by atoms with Gasteiger partial charge in [-0.1, -0.05) is 11.6 Å². The van der Waals surface area contributed by atoms with Crippen LogP contribution < -0.4 is 0 Å². The fraction of sp³-hybridized carbons (Fsp3) is 0.429. The molecule has 0 saturated carbocycles. The van der Waals surface area contributed by atoms with Crippen molar-refractivity contribution in [2.24, 2.45) is 0 Å². The van der Waals surface area contributed by atoms with Crippen molar-refractivity contribution in [3.63, 3.8) is 0 Å². The quantitative estimate of drug-likeness (QED) is 0.839. The van der Waals surface area contributed by atoms with Crippen LogP contribution in [-0.4, -0.2) is 22.9 Å². The zero-order valence-electron chi connectivity index (χ0n) is 11.1. The van der Waals surface area contributed by atoms with Gasteiger partial charge in [-0.25, -0.2) is 0 Å². The van der Waals surface area contributed by atoms with Gasteiger partial charge in [0.2, 0.25) is 0 Å². The molecule has 0 spiro atoms. The average molecular weight is 265 g/mol. The minimum absolute atomic E-state index is 0.0831. The second-order valence-electron chi connectivity index (χ2n) is 4.70. The molecule has 0 aliphatic heterocycles. The molecule has 0 N–H and O–H groups in total. The lowest BCUT2D eigenvalue weighted by Crippen LogP contribution is -2.42. The van der Waals surface area contributed by atoms with Gasteiger partial charge < -0.3 is 4.90 Å². The Kier molecular flexibility index (Phi) is 4.75. The van der Waals surface area contributed by atoms with Gasteiger partial charge in [0.1, 0.15) is 6.07 Å². The molecule has 0 saturated heterocycles. The number of nitrogens with zero attached hydrogens (tertiary/aromatic N) is 2. The number of nitriles is 1. The summed E-state index contributed by atoms with van der Waals surface area (Å²) in [5.41, 5.74) is 0.725. The molecule has 4 heteroatoms. The zero-order chi connectivity index (χ0) is 13.9. The molecule has 0 heterocycles. The van der Waals surface area contributed by atoms with Gasteiger partial charge in [-0.2, -0.15) is 5.26 Å². The van der Waals surface area contributed by atoms with E-state index in [1.165, 1.54) is 6.07 Å². The van der Waals surface area contributed by atoms with Crippen molar-refractivity contribution in [1.82, 2.24) is 4.90 Å². The van der Waals surface area contributed by atoms with Gasteiger partial charge in [-0.05, 0) is 45.9 Å². The zero-order valence-corrected chi connectivity index (χ0v) is 11.8. The maximum atomic E-state index is 12.5. The third kappa shape index (κ3) is 3.02. The van der Waals surface area contributed by atoms with Crippen molar-refractivity contribution in [2.45, 2.75) is 39.8 Å². The minimum Gasteiger partial charge on any atom is -0.334 e. The van der Waals surface area contributed by atoms with Crippen LogP contribution >= 0.6 is 11.6 Å². The van der Waals surface area contributed by atoms with Gasteiger partial charge in [-0.15, -0.1) is 0 Å². The summed E-state index contributed by atoms with van der Waals surface area (Å²) in [6.07, 6.45) is 0. The second kappa shape index (κ2) is 5.88. The van der Waals surface area contributed by atoms with Crippen LogP contribution in [0.4, 0.5) is 0 Å². The molecule has 0 unspecified atom stereocenters. The van der Waals surface area contributed by atoms with E-state index in [0.29, 0.717) is 16.1 Å². The molecule has 1 aromatic rings. The summed E-state index contributed by atoms with van der Waals surface area (Å²) < 4.78 is 0. The molecule has 0 aliphatic rings. The second-order valence-corrected chi connectivity index (χ2v) is 5.14. The third-order valence-electron chi connectivity index (χ3n) is 2.68. The van der Waals surface area contributed by atoms with E-state index in [1.54, 1.807) is 17.0 Å². The SMILES string of the molecule is CC(C)N(C(=O)c1ccc(Cl)cc1C#N)C(C)C. The highest BCUT2D eigenvalue weighted by Gasteiger charge is 2.23. The molecule has 18 heavy (non-hydrogen) atoms. The Morgan fingerprint density at radius 1 is 1.28 bits per heavy atom. The number of amides is 1. The number of benzene rings is 1. The molecule has 96 valence electrons.